The average Bonchev–Trinajstić information content (AvgIpc) is 2.73. The van der Waals surface area contributed by atoms with Gasteiger partial charge in [-0.1, -0.05) is 117 Å². The number of nitrogens with one attached hydrogen (secondary N) is 1. The number of carbonyl (C=O) groups is 1. The summed E-state index contributed by atoms with van der Waals surface area (Å²) in [5.74, 6) is 0. The van der Waals surface area contributed by atoms with Gasteiger partial charge in [-0.2, -0.15) is 0 Å². The lowest BCUT2D eigenvalue weighted by Crippen LogP contribution is -2.25. The van der Waals surface area contributed by atoms with Crippen LogP contribution in [-0.2, 0) is 9.47 Å². The van der Waals surface area contributed by atoms with Crippen LogP contribution in [-0.4, -0.2) is 25.9 Å². The zero-order chi connectivity index (χ0) is 21.3. The normalized spacial score (nSPS) is 10.3. The summed E-state index contributed by atoms with van der Waals surface area (Å²) < 4.78 is 10.1. The highest BCUT2D eigenvalue weighted by Crippen LogP contribution is 2.13. The molecule has 0 spiro atoms. The number of unbranched alkanes of at least 4 members (excludes halogenated alkanes) is 16. The number of carbonyl (C=O) groups excluding carboxylic acids is 1. The van der Waals surface area contributed by atoms with Crippen LogP contribution < -0.4 is 5.32 Å². The van der Waals surface area contributed by atoms with Crippen molar-refractivity contribution in [3.05, 3.63) is 12.8 Å². The first-order valence-corrected chi connectivity index (χ1v) is 12.4. The van der Waals surface area contributed by atoms with Gasteiger partial charge in [0.15, 0.2) is 0 Å². The Morgan fingerprint density at radius 2 is 1.13 bits per heavy atom. The van der Waals surface area contributed by atoms with E-state index in [9.17, 15) is 4.79 Å². The van der Waals surface area contributed by atoms with Gasteiger partial charge in [-0.25, -0.2) is 4.79 Å². The maximum Gasteiger partial charge on any atom is 0.407 e. The number of hydrogen-bond acceptors (Lipinski definition) is 3. The van der Waals surface area contributed by atoms with Crippen molar-refractivity contribution in [1.29, 1.82) is 0 Å². The van der Waals surface area contributed by atoms with E-state index in [0.29, 0.717) is 13.2 Å². The van der Waals surface area contributed by atoms with E-state index in [1.807, 2.05) is 0 Å². The zero-order valence-electron chi connectivity index (χ0n) is 19.4. The van der Waals surface area contributed by atoms with Crippen molar-refractivity contribution in [3.63, 3.8) is 0 Å². The smallest absolute Gasteiger partial charge is 0.407 e. The average molecular weight is 428 g/mol. The molecule has 30 heavy (non-hydrogen) atoms. The topological polar surface area (TPSA) is 47.6 Å². The van der Waals surface area contributed by atoms with Gasteiger partial charge in [0.1, 0.15) is 0 Å². The maximum atomic E-state index is 11.5. The fraction of sp³-hybridized carbons (Fsp3) is 0.885. The summed E-state index contributed by atoms with van der Waals surface area (Å²) in [5, 5.41) is 2.83. The van der Waals surface area contributed by atoms with Gasteiger partial charge in [-0.05, 0) is 19.3 Å². The number of alkyl carbamates (subject to hydrolysis) is 1. The molecule has 0 rings (SSSR count). The first kappa shape index (κ1) is 31.0. The van der Waals surface area contributed by atoms with Crippen LogP contribution in [0.2, 0.25) is 0 Å². The Morgan fingerprint density at radius 1 is 0.700 bits per heavy atom. The molecule has 0 bridgehead atoms. The molecule has 4 heteroatoms. The van der Waals surface area contributed by atoms with Crippen LogP contribution in [0, 0.1) is 0 Å². The molecular weight excluding hydrogens is 374 g/mol. The maximum absolute atomic E-state index is 11.5. The van der Waals surface area contributed by atoms with Crippen molar-refractivity contribution < 1.29 is 14.3 Å². The van der Waals surface area contributed by atoms with Gasteiger partial charge >= 0.3 is 6.09 Å². The summed E-state index contributed by atoms with van der Waals surface area (Å²) in [6.07, 6.45) is 24.6. The highest BCUT2D eigenvalue weighted by Gasteiger charge is 2.00. The Hall–Kier alpha value is -1.19. The van der Waals surface area contributed by atoms with Crippen LogP contribution in [0.15, 0.2) is 12.8 Å². The molecule has 0 saturated carbocycles. The molecule has 4 nitrogen and oxygen atoms in total. The molecule has 0 saturated heterocycles. The van der Waals surface area contributed by atoms with Crippen molar-refractivity contribution in [2.24, 2.45) is 0 Å². The molecule has 0 aliphatic heterocycles. The van der Waals surface area contributed by atoms with Crippen molar-refractivity contribution in [3.8, 4) is 0 Å². The number of ether oxygens (including phenoxy) is 2. The molecule has 180 valence electrons. The van der Waals surface area contributed by atoms with Gasteiger partial charge in [-0.3, -0.25) is 0 Å². The largest absolute Gasteiger partial charge is 0.502 e. The minimum Gasteiger partial charge on any atom is -0.502 e. The molecule has 0 unspecified atom stereocenters. The number of hydrogen-bond donors (Lipinski definition) is 1. The molecule has 0 aromatic carbocycles. The van der Waals surface area contributed by atoms with Gasteiger partial charge in [0.05, 0.1) is 19.5 Å². The van der Waals surface area contributed by atoms with Gasteiger partial charge in [0.25, 0.3) is 0 Å². The predicted octanol–water partition coefficient (Wildman–Crippen LogP) is 8.55. The highest BCUT2D eigenvalue weighted by atomic mass is 16.5. The third-order valence-corrected chi connectivity index (χ3v) is 5.31. The summed E-state index contributed by atoms with van der Waals surface area (Å²) in [6, 6.07) is 0. The fourth-order valence-corrected chi connectivity index (χ4v) is 3.45. The Morgan fingerprint density at radius 3 is 1.60 bits per heavy atom. The summed E-state index contributed by atoms with van der Waals surface area (Å²) in [5.41, 5.74) is 0. The third kappa shape index (κ3) is 26.8. The minimum atomic E-state index is -0.296. The van der Waals surface area contributed by atoms with Gasteiger partial charge in [-0.15, -0.1) is 0 Å². The van der Waals surface area contributed by atoms with Crippen molar-refractivity contribution in [2.45, 2.75) is 130 Å². The standard InChI is InChI=1S/C25H49NO3.CH4/c1-3-5-6-7-8-9-10-11-12-13-14-15-16-17-18-19-22-26-25(27)29-24-21-20-23-28-4-2;/h4H,2-3,5-24H2,1H3,(H,26,27);1H4. The van der Waals surface area contributed by atoms with E-state index in [0.717, 1.165) is 25.8 Å². The van der Waals surface area contributed by atoms with Crippen molar-refractivity contribution in [2.75, 3.05) is 19.8 Å². The SMILES string of the molecule is C.C=COCCCCOC(=O)NCCCCCCCCCCCCCCCCCC. The third-order valence-electron chi connectivity index (χ3n) is 5.31. The molecule has 0 fully saturated rings. The fourth-order valence-electron chi connectivity index (χ4n) is 3.45. The molecule has 0 aliphatic carbocycles. The highest BCUT2D eigenvalue weighted by molar-refractivity contribution is 5.66. The second-order valence-corrected chi connectivity index (χ2v) is 8.11. The summed E-state index contributed by atoms with van der Waals surface area (Å²) in [7, 11) is 0. The quantitative estimate of drug-likeness (QED) is 0.131. The van der Waals surface area contributed by atoms with Crippen molar-refractivity contribution >= 4 is 6.09 Å². The molecule has 0 atom stereocenters. The van der Waals surface area contributed by atoms with E-state index in [1.54, 1.807) is 0 Å². The summed E-state index contributed by atoms with van der Waals surface area (Å²) in [4.78, 5) is 11.5. The van der Waals surface area contributed by atoms with Gasteiger partial charge < -0.3 is 14.8 Å². The van der Waals surface area contributed by atoms with Crippen LogP contribution in [0.1, 0.15) is 130 Å². The Bertz CT molecular complexity index is 347. The predicted molar refractivity (Wildman–Crippen MR) is 131 cm³/mol. The number of amides is 1. The first-order chi connectivity index (χ1) is 14.3. The second kappa shape index (κ2) is 27.8. The molecule has 0 radical (unpaired) electrons. The monoisotopic (exact) mass is 427 g/mol. The molecule has 0 aromatic heterocycles. The van der Waals surface area contributed by atoms with Gasteiger partial charge in [0, 0.05) is 6.54 Å². The van der Waals surface area contributed by atoms with Crippen LogP contribution in [0.25, 0.3) is 0 Å². The lowest BCUT2D eigenvalue weighted by atomic mass is 10.0. The van der Waals surface area contributed by atoms with E-state index < -0.39 is 0 Å². The summed E-state index contributed by atoms with van der Waals surface area (Å²) >= 11 is 0. The van der Waals surface area contributed by atoms with Gasteiger partial charge in [0.2, 0.25) is 0 Å². The second-order valence-electron chi connectivity index (χ2n) is 8.11. The Labute approximate surface area is 188 Å². The molecule has 0 aromatic rings. The molecule has 1 amide bonds. The van der Waals surface area contributed by atoms with E-state index in [2.05, 4.69) is 18.8 Å². The summed E-state index contributed by atoms with van der Waals surface area (Å²) in [6.45, 7) is 7.57. The number of rotatable bonds is 23. The van der Waals surface area contributed by atoms with Crippen LogP contribution in [0.5, 0.6) is 0 Å². The van der Waals surface area contributed by atoms with Crippen LogP contribution in [0.4, 0.5) is 4.79 Å². The minimum absolute atomic E-state index is 0. The first-order valence-electron chi connectivity index (χ1n) is 12.4. The van der Waals surface area contributed by atoms with Crippen LogP contribution >= 0.6 is 0 Å². The van der Waals surface area contributed by atoms with E-state index in [-0.39, 0.29) is 13.5 Å². The van der Waals surface area contributed by atoms with E-state index in [1.165, 1.54) is 103 Å². The Kier molecular flexibility index (Phi) is 28.7. The van der Waals surface area contributed by atoms with Crippen molar-refractivity contribution in [1.82, 2.24) is 5.32 Å². The zero-order valence-corrected chi connectivity index (χ0v) is 19.4. The molecular formula is C26H53NO3. The molecule has 1 N–H and O–H groups in total. The lowest BCUT2D eigenvalue weighted by Gasteiger charge is -2.07. The molecule has 0 heterocycles. The lowest BCUT2D eigenvalue weighted by molar-refractivity contribution is 0.139. The van der Waals surface area contributed by atoms with E-state index >= 15 is 0 Å². The van der Waals surface area contributed by atoms with E-state index in [4.69, 9.17) is 9.47 Å². The molecule has 0 aliphatic rings. The van der Waals surface area contributed by atoms with Crippen LogP contribution in [0.3, 0.4) is 0 Å². The Balaban J connectivity index is 0.